The summed E-state index contributed by atoms with van der Waals surface area (Å²) in [4.78, 5) is 11.3. The molecule has 1 aromatic rings. The highest BCUT2D eigenvalue weighted by Gasteiger charge is 2.30. The fourth-order valence-corrected chi connectivity index (χ4v) is 4.66. The molecule has 0 atom stereocenters. The molecule has 0 aromatic carbocycles. The Bertz CT molecular complexity index is 643. The molecule has 0 amide bonds. The molecule has 0 spiro atoms. The molecular formula is C10H8Cl2O4S2. The van der Waals surface area contributed by atoms with Crippen molar-refractivity contribution in [2.45, 2.75) is 24.7 Å². The summed E-state index contributed by atoms with van der Waals surface area (Å²) in [5, 5.41) is 0. The topological polar surface area (TPSA) is 60.4 Å². The maximum atomic E-state index is 12.0. The highest BCUT2D eigenvalue weighted by atomic mass is 35.5. The van der Waals surface area contributed by atoms with Crippen molar-refractivity contribution in [3.8, 4) is 0 Å². The Hall–Kier alpha value is -0.560. The lowest BCUT2D eigenvalue weighted by molar-refractivity contribution is -0.116. The first-order valence-corrected chi connectivity index (χ1v) is 7.91. The summed E-state index contributed by atoms with van der Waals surface area (Å²) in [5.41, 5.74) is 0.626. The molecule has 0 bridgehead atoms. The quantitative estimate of drug-likeness (QED) is 0.799. The van der Waals surface area contributed by atoms with E-state index >= 15 is 0 Å². The molecule has 18 heavy (non-hydrogen) atoms. The van der Waals surface area contributed by atoms with Gasteiger partial charge in [0.2, 0.25) is 0 Å². The molecule has 0 N–H and O–H groups in total. The van der Waals surface area contributed by atoms with E-state index in [0.29, 0.717) is 12.0 Å². The third-order valence-corrected chi connectivity index (χ3v) is 5.43. The van der Waals surface area contributed by atoms with E-state index in [1.54, 1.807) is 6.92 Å². The summed E-state index contributed by atoms with van der Waals surface area (Å²) in [6.45, 7) is 1.66. The Morgan fingerprint density at radius 2 is 2.00 bits per heavy atom. The van der Waals surface area contributed by atoms with E-state index in [4.69, 9.17) is 27.4 Å². The first-order valence-electron chi connectivity index (χ1n) is 4.93. The smallest absolute Gasteiger partial charge is 0.341 e. The molecule has 0 aliphatic heterocycles. The maximum Gasteiger partial charge on any atom is 0.341 e. The highest BCUT2D eigenvalue weighted by Crippen LogP contribution is 2.36. The van der Waals surface area contributed by atoms with Crippen LogP contribution in [0.5, 0.6) is 0 Å². The monoisotopic (exact) mass is 326 g/mol. The van der Waals surface area contributed by atoms with Crippen molar-refractivity contribution in [2.75, 3.05) is 0 Å². The predicted octanol–water partition coefficient (Wildman–Crippen LogP) is 3.40. The average molecular weight is 327 g/mol. The molecule has 1 aromatic heterocycles. The normalized spacial score (nSPS) is 16.5. The lowest BCUT2D eigenvalue weighted by Gasteiger charge is -2.06. The van der Waals surface area contributed by atoms with Gasteiger partial charge in [-0.05, 0) is 25.0 Å². The van der Waals surface area contributed by atoms with Crippen LogP contribution in [0.1, 0.15) is 19.8 Å². The van der Waals surface area contributed by atoms with Gasteiger partial charge in [0.25, 0.3) is 0 Å². The minimum atomic E-state index is -4.10. The van der Waals surface area contributed by atoms with Crippen molar-refractivity contribution in [3.05, 3.63) is 26.1 Å². The van der Waals surface area contributed by atoms with Gasteiger partial charge in [-0.25, -0.2) is 0 Å². The van der Waals surface area contributed by atoms with Crippen molar-refractivity contribution >= 4 is 50.4 Å². The summed E-state index contributed by atoms with van der Waals surface area (Å²) < 4.78 is 29.1. The second kappa shape index (κ2) is 4.85. The fraction of sp³-hybridized carbons (Fsp3) is 0.300. The minimum Gasteiger partial charge on any atom is -0.375 e. The zero-order chi connectivity index (χ0) is 13.5. The number of rotatable bonds is 3. The molecule has 0 fully saturated rings. The third-order valence-electron chi connectivity index (χ3n) is 2.46. The molecule has 1 heterocycles. The molecule has 4 nitrogen and oxygen atoms in total. The summed E-state index contributed by atoms with van der Waals surface area (Å²) in [6.07, 6.45) is 0.788. The molecule has 1 aliphatic rings. The Labute approximate surface area is 118 Å². The van der Waals surface area contributed by atoms with Crippen LogP contribution >= 0.6 is 34.5 Å². The van der Waals surface area contributed by atoms with Gasteiger partial charge in [0.05, 0.1) is 4.34 Å². The molecule has 2 rings (SSSR count). The SMILES string of the molecule is CC1=C(OS(=O)(=O)c2cc(Cl)sc2Cl)C(=O)CC1. The first kappa shape index (κ1) is 13.9. The van der Waals surface area contributed by atoms with E-state index in [2.05, 4.69) is 0 Å². The van der Waals surface area contributed by atoms with Gasteiger partial charge < -0.3 is 4.18 Å². The summed E-state index contributed by atoms with van der Waals surface area (Å²) in [6, 6.07) is 1.21. The Morgan fingerprint density at radius 1 is 1.33 bits per heavy atom. The molecular weight excluding hydrogens is 319 g/mol. The number of Topliss-reactive ketones (excluding diaryl/α,β-unsaturated/α-hetero) is 1. The minimum absolute atomic E-state index is 0.0173. The molecule has 0 radical (unpaired) electrons. The van der Waals surface area contributed by atoms with Crippen molar-refractivity contribution in [1.29, 1.82) is 0 Å². The molecule has 0 unspecified atom stereocenters. The van der Waals surface area contributed by atoms with E-state index in [1.807, 2.05) is 0 Å². The number of carbonyl (C=O) groups is 1. The van der Waals surface area contributed by atoms with Crippen molar-refractivity contribution in [3.63, 3.8) is 0 Å². The van der Waals surface area contributed by atoms with E-state index in [-0.39, 0.29) is 31.5 Å². The van der Waals surface area contributed by atoms with Crippen molar-refractivity contribution < 1.29 is 17.4 Å². The number of hydrogen-bond acceptors (Lipinski definition) is 5. The van der Waals surface area contributed by atoms with E-state index in [9.17, 15) is 13.2 Å². The van der Waals surface area contributed by atoms with Crippen LogP contribution in [0.15, 0.2) is 22.3 Å². The third kappa shape index (κ3) is 2.56. The Kier molecular flexibility index (Phi) is 3.73. The van der Waals surface area contributed by atoms with Crippen LogP contribution in [0.25, 0.3) is 0 Å². The number of thiophene rings is 1. The Morgan fingerprint density at radius 3 is 2.44 bits per heavy atom. The zero-order valence-corrected chi connectivity index (χ0v) is 12.3. The van der Waals surface area contributed by atoms with Crippen molar-refractivity contribution in [2.24, 2.45) is 0 Å². The van der Waals surface area contributed by atoms with Crippen LogP contribution in [-0.4, -0.2) is 14.2 Å². The van der Waals surface area contributed by atoms with Crippen LogP contribution in [0.4, 0.5) is 0 Å². The lowest BCUT2D eigenvalue weighted by atomic mass is 10.3. The number of carbonyl (C=O) groups excluding carboxylic acids is 1. The molecule has 1 aliphatic carbocycles. The molecule has 0 saturated carbocycles. The standard InChI is InChI=1S/C10H8Cl2O4S2/c1-5-2-3-6(13)9(5)16-18(14,15)7-4-8(11)17-10(7)12/h4H,2-3H2,1H3. The van der Waals surface area contributed by atoms with Crippen LogP contribution in [0.2, 0.25) is 8.67 Å². The van der Waals surface area contributed by atoms with Crippen molar-refractivity contribution in [1.82, 2.24) is 0 Å². The summed E-state index contributed by atoms with van der Waals surface area (Å²) >= 11 is 12.4. The van der Waals surface area contributed by atoms with Gasteiger partial charge in [-0.2, -0.15) is 8.42 Å². The largest absolute Gasteiger partial charge is 0.375 e. The molecule has 98 valence electrons. The molecule has 0 saturated heterocycles. The average Bonchev–Trinajstić information content (AvgIpc) is 2.75. The summed E-state index contributed by atoms with van der Waals surface area (Å²) in [7, 11) is -4.10. The van der Waals surface area contributed by atoms with Gasteiger partial charge in [-0.15, -0.1) is 11.3 Å². The van der Waals surface area contributed by atoms with E-state index < -0.39 is 10.1 Å². The van der Waals surface area contributed by atoms with Gasteiger partial charge in [0.15, 0.2) is 11.5 Å². The van der Waals surface area contributed by atoms with E-state index in [1.165, 1.54) is 6.07 Å². The fourth-order valence-electron chi connectivity index (χ4n) is 1.53. The highest BCUT2D eigenvalue weighted by molar-refractivity contribution is 7.87. The maximum absolute atomic E-state index is 12.0. The second-order valence-electron chi connectivity index (χ2n) is 3.76. The van der Waals surface area contributed by atoms with Crippen LogP contribution in [-0.2, 0) is 19.1 Å². The van der Waals surface area contributed by atoms with Gasteiger partial charge >= 0.3 is 10.1 Å². The van der Waals surface area contributed by atoms with Crippen LogP contribution < -0.4 is 0 Å². The second-order valence-corrected chi connectivity index (χ2v) is 7.56. The predicted molar refractivity (Wildman–Crippen MR) is 69.6 cm³/mol. The zero-order valence-electron chi connectivity index (χ0n) is 9.20. The van der Waals surface area contributed by atoms with E-state index in [0.717, 1.165) is 11.3 Å². The van der Waals surface area contributed by atoms with Gasteiger partial charge in [-0.1, -0.05) is 23.2 Å². The van der Waals surface area contributed by atoms with Gasteiger partial charge in [-0.3, -0.25) is 4.79 Å². The summed E-state index contributed by atoms with van der Waals surface area (Å²) in [5.74, 6) is -0.415. The lowest BCUT2D eigenvalue weighted by Crippen LogP contribution is -2.10. The van der Waals surface area contributed by atoms with Crippen LogP contribution in [0.3, 0.4) is 0 Å². The van der Waals surface area contributed by atoms with Gasteiger partial charge in [0, 0.05) is 6.42 Å². The first-order chi connectivity index (χ1) is 8.31. The van der Waals surface area contributed by atoms with Crippen LogP contribution in [0, 0.1) is 0 Å². The Balaban J connectivity index is 2.37. The number of ketones is 1. The number of halogens is 2. The number of hydrogen-bond donors (Lipinski definition) is 0. The van der Waals surface area contributed by atoms with Gasteiger partial charge in [0.1, 0.15) is 9.23 Å². The number of allylic oxidation sites excluding steroid dienone is 2. The molecule has 8 heteroatoms.